The Bertz CT molecular complexity index is 1320. The molecule has 0 N–H and O–H groups in total. The number of piperidine rings is 1. The second-order valence-corrected chi connectivity index (χ2v) is 9.71. The molecule has 0 unspecified atom stereocenters. The van der Waals surface area contributed by atoms with Gasteiger partial charge in [0.15, 0.2) is 0 Å². The Hall–Kier alpha value is -3.13. The van der Waals surface area contributed by atoms with Crippen molar-refractivity contribution in [3.05, 3.63) is 44.8 Å². The van der Waals surface area contributed by atoms with Crippen LogP contribution in [0.1, 0.15) is 29.0 Å². The number of pyridine rings is 2. The first-order valence-corrected chi connectivity index (χ1v) is 11.5. The molecule has 11 heteroatoms. The van der Waals surface area contributed by atoms with Crippen LogP contribution < -0.4 is 15.4 Å². The predicted octanol–water partition coefficient (Wildman–Crippen LogP) is 3.69. The van der Waals surface area contributed by atoms with Gasteiger partial charge in [0, 0.05) is 38.9 Å². The van der Waals surface area contributed by atoms with E-state index in [1.54, 1.807) is 7.05 Å². The number of alkyl halides is 3. The maximum absolute atomic E-state index is 12.9. The quantitative estimate of drug-likeness (QED) is 0.564. The van der Waals surface area contributed by atoms with Gasteiger partial charge in [0.2, 0.25) is 0 Å². The van der Waals surface area contributed by atoms with Crippen LogP contribution in [0.15, 0.2) is 23.1 Å². The lowest BCUT2D eigenvalue weighted by Gasteiger charge is -2.39. The van der Waals surface area contributed by atoms with E-state index in [9.17, 15) is 23.2 Å². The van der Waals surface area contributed by atoms with E-state index < -0.39 is 11.7 Å². The van der Waals surface area contributed by atoms with Crippen LogP contribution >= 0.6 is 11.3 Å². The Morgan fingerprint density at radius 3 is 2.70 bits per heavy atom. The number of hydrogen-bond donors (Lipinski definition) is 0. The predicted molar refractivity (Wildman–Crippen MR) is 120 cm³/mol. The Kier molecular flexibility index (Phi) is 5.08. The molecule has 0 radical (unpaired) electrons. The van der Waals surface area contributed by atoms with Gasteiger partial charge < -0.3 is 14.4 Å². The van der Waals surface area contributed by atoms with Crippen molar-refractivity contribution in [2.45, 2.75) is 32.0 Å². The molecule has 0 spiro atoms. The highest BCUT2D eigenvalue weighted by molar-refractivity contribution is 7.18. The second kappa shape index (κ2) is 7.73. The number of halogens is 3. The molecular formula is C22H21F3N6OS. The molecule has 2 fully saturated rings. The van der Waals surface area contributed by atoms with E-state index in [-0.39, 0.29) is 23.1 Å². The van der Waals surface area contributed by atoms with E-state index in [0.29, 0.717) is 36.7 Å². The number of nitrogens with zero attached hydrogens (tertiary/aromatic N) is 6. The summed E-state index contributed by atoms with van der Waals surface area (Å²) in [7, 11) is 1.66. The smallest absolute Gasteiger partial charge is 0.368 e. The molecule has 0 aromatic carbocycles. The second-order valence-electron chi connectivity index (χ2n) is 8.53. The van der Waals surface area contributed by atoms with Crippen molar-refractivity contribution in [1.29, 1.82) is 5.26 Å². The van der Waals surface area contributed by atoms with E-state index in [1.165, 1.54) is 22.0 Å². The van der Waals surface area contributed by atoms with Crippen molar-refractivity contribution in [2.75, 3.05) is 29.4 Å². The van der Waals surface area contributed by atoms with Crippen LogP contribution in [0.2, 0.25) is 0 Å². The summed E-state index contributed by atoms with van der Waals surface area (Å²) in [4.78, 5) is 26.5. The molecule has 3 aromatic heterocycles. The minimum atomic E-state index is -4.41. The summed E-state index contributed by atoms with van der Waals surface area (Å²) in [5.74, 6) is 0.793. The molecule has 3 aromatic rings. The Morgan fingerprint density at radius 1 is 1.24 bits per heavy atom. The van der Waals surface area contributed by atoms with Crippen molar-refractivity contribution >= 4 is 33.2 Å². The summed E-state index contributed by atoms with van der Waals surface area (Å²) < 4.78 is 40.2. The molecule has 0 aliphatic carbocycles. The largest absolute Gasteiger partial charge is 0.417 e. The van der Waals surface area contributed by atoms with Crippen molar-refractivity contribution in [2.24, 2.45) is 13.0 Å². The molecule has 2 aliphatic heterocycles. The highest BCUT2D eigenvalue weighted by atomic mass is 32.1. The average Bonchev–Trinajstić information content (AvgIpc) is 3.38. The van der Waals surface area contributed by atoms with E-state index in [1.807, 2.05) is 6.92 Å². The summed E-state index contributed by atoms with van der Waals surface area (Å²) in [6, 6.07) is 4.75. The number of fused-ring (bicyclic) bond motifs is 2. The minimum Gasteiger partial charge on any atom is -0.368 e. The van der Waals surface area contributed by atoms with Gasteiger partial charge in [-0.3, -0.25) is 4.79 Å². The lowest BCUT2D eigenvalue weighted by Crippen LogP contribution is -2.47. The lowest BCUT2D eigenvalue weighted by atomic mass is 9.92. The van der Waals surface area contributed by atoms with Crippen molar-refractivity contribution in [3.63, 3.8) is 0 Å². The third-order valence-corrected chi connectivity index (χ3v) is 7.68. The zero-order valence-electron chi connectivity index (χ0n) is 18.1. The standard InChI is InChI=1S/C22H21F3N6OS/c1-12-28-18-19(15(9-26)20(32)29(2)21(18)33-12)30-7-6-16-13(11-30)5-8-31(16)17-4-3-14(10-27-17)22(23,24)25/h3-4,10,13,16H,5-8,11H2,1-2H3/t13-,16+/m1/s1. The number of aryl methyl sites for hydroxylation is 2. The number of rotatable bonds is 2. The van der Waals surface area contributed by atoms with Gasteiger partial charge in [0.1, 0.15) is 27.8 Å². The summed E-state index contributed by atoms with van der Waals surface area (Å²) in [6.45, 7) is 3.85. The first-order chi connectivity index (χ1) is 15.7. The van der Waals surface area contributed by atoms with Gasteiger partial charge in [0.25, 0.3) is 5.56 Å². The first kappa shape index (κ1) is 21.7. The lowest BCUT2D eigenvalue weighted by molar-refractivity contribution is -0.137. The fraction of sp³-hybridized carbons (Fsp3) is 0.455. The first-order valence-electron chi connectivity index (χ1n) is 10.6. The Labute approximate surface area is 191 Å². The fourth-order valence-corrected chi connectivity index (χ4v) is 5.96. The highest BCUT2D eigenvalue weighted by Gasteiger charge is 2.40. The topological polar surface area (TPSA) is 78.1 Å². The number of aromatic nitrogens is 3. The van der Waals surface area contributed by atoms with Crippen LogP contribution in [0.3, 0.4) is 0 Å². The number of thiazole rings is 1. The summed E-state index contributed by atoms with van der Waals surface area (Å²) in [5.41, 5.74) is 0.299. The summed E-state index contributed by atoms with van der Waals surface area (Å²) in [5, 5.41) is 10.6. The molecule has 0 bridgehead atoms. The van der Waals surface area contributed by atoms with Crippen LogP contribution in [0, 0.1) is 24.2 Å². The monoisotopic (exact) mass is 474 g/mol. The van der Waals surface area contributed by atoms with Gasteiger partial charge >= 0.3 is 6.18 Å². The van der Waals surface area contributed by atoms with Gasteiger partial charge in [-0.2, -0.15) is 18.4 Å². The minimum absolute atomic E-state index is 0.105. The fourth-order valence-electron chi connectivity index (χ4n) is 5.08. The van der Waals surface area contributed by atoms with E-state index in [2.05, 4.69) is 25.8 Å². The third kappa shape index (κ3) is 3.53. The molecule has 33 heavy (non-hydrogen) atoms. The number of nitriles is 1. The normalized spacial score (nSPS) is 20.8. The van der Waals surface area contributed by atoms with Crippen molar-refractivity contribution < 1.29 is 13.2 Å². The van der Waals surface area contributed by atoms with Gasteiger partial charge in [-0.25, -0.2) is 9.97 Å². The number of hydrogen-bond acceptors (Lipinski definition) is 7. The zero-order valence-corrected chi connectivity index (χ0v) is 18.9. The SMILES string of the molecule is Cc1nc2c(N3CC[C@H]4[C@H](CCN4c4ccc(C(F)(F)F)cn4)C3)c(C#N)c(=O)n(C)c2s1. The Balaban J connectivity index is 1.44. The molecule has 2 atom stereocenters. The van der Waals surface area contributed by atoms with Crippen LogP contribution in [-0.4, -0.2) is 40.2 Å². The molecule has 0 saturated carbocycles. The van der Waals surface area contributed by atoms with Gasteiger partial charge in [0.05, 0.1) is 16.3 Å². The summed E-state index contributed by atoms with van der Waals surface area (Å²) >= 11 is 1.43. The van der Waals surface area contributed by atoms with Crippen LogP contribution in [0.5, 0.6) is 0 Å². The van der Waals surface area contributed by atoms with Crippen LogP contribution in [0.25, 0.3) is 10.3 Å². The maximum atomic E-state index is 12.9. The van der Waals surface area contributed by atoms with Crippen LogP contribution in [-0.2, 0) is 13.2 Å². The van der Waals surface area contributed by atoms with E-state index >= 15 is 0 Å². The molecule has 172 valence electrons. The maximum Gasteiger partial charge on any atom is 0.417 e. The molecular weight excluding hydrogens is 453 g/mol. The Morgan fingerprint density at radius 2 is 2.03 bits per heavy atom. The van der Waals surface area contributed by atoms with Crippen LogP contribution in [0.4, 0.5) is 24.7 Å². The van der Waals surface area contributed by atoms with E-state index in [4.69, 9.17) is 0 Å². The molecule has 7 nitrogen and oxygen atoms in total. The van der Waals surface area contributed by atoms with Crippen molar-refractivity contribution in [1.82, 2.24) is 14.5 Å². The molecule has 0 amide bonds. The van der Waals surface area contributed by atoms with E-state index in [0.717, 1.165) is 34.9 Å². The molecule has 5 heterocycles. The zero-order chi connectivity index (χ0) is 23.5. The van der Waals surface area contributed by atoms with Gasteiger partial charge in [-0.15, -0.1) is 11.3 Å². The third-order valence-electron chi connectivity index (χ3n) is 6.63. The number of anilines is 2. The van der Waals surface area contributed by atoms with Gasteiger partial charge in [-0.1, -0.05) is 0 Å². The highest BCUT2D eigenvalue weighted by Crippen LogP contribution is 2.39. The molecule has 2 saturated heterocycles. The molecule has 5 rings (SSSR count). The van der Waals surface area contributed by atoms with Crippen molar-refractivity contribution in [3.8, 4) is 6.07 Å². The molecule has 2 aliphatic rings. The summed E-state index contributed by atoms with van der Waals surface area (Å²) in [6.07, 6.45) is -1.92. The van der Waals surface area contributed by atoms with Gasteiger partial charge in [-0.05, 0) is 37.8 Å². The average molecular weight is 475 g/mol.